The van der Waals surface area contributed by atoms with Gasteiger partial charge in [-0.05, 0) is 74.2 Å². The fourth-order valence-corrected chi connectivity index (χ4v) is 8.88. The van der Waals surface area contributed by atoms with Crippen molar-refractivity contribution in [1.29, 1.82) is 0 Å². The standard InChI is InChI=1S/C23H32O6S/c1-21-9-6-15(24)12-14(21)4-5-16-17-7-10-23(11-8-19(25)28-23)22(17,2)13-18(20(16)21)29-30(3,26)27/h12,16-18,20H,4-11,13H2,1-3H3/t16?,17?,18-,20?,21?,22?,23+/m0/s1. The van der Waals surface area contributed by atoms with Crippen molar-refractivity contribution in [2.75, 3.05) is 6.26 Å². The summed E-state index contributed by atoms with van der Waals surface area (Å²) in [5, 5.41) is 0. The normalized spacial score (nSPS) is 48.0. The number of ether oxygens (including phenoxy) is 1. The minimum atomic E-state index is -3.65. The highest BCUT2D eigenvalue weighted by Gasteiger charge is 2.69. The predicted octanol–water partition coefficient (Wildman–Crippen LogP) is 3.55. The van der Waals surface area contributed by atoms with Crippen LogP contribution in [0.1, 0.15) is 71.6 Å². The lowest BCUT2D eigenvalue weighted by atomic mass is 9.45. The Morgan fingerprint density at radius 3 is 2.50 bits per heavy atom. The van der Waals surface area contributed by atoms with Crippen LogP contribution in [0.3, 0.4) is 0 Å². The maximum Gasteiger partial charge on any atom is 0.306 e. The van der Waals surface area contributed by atoms with E-state index in [0.29, 0.717) is 31.1 Å². The van der Waals surface area contributed by atoms with Crippen molar-refractivity contribution < 1.29 is 26.9 Å². The number of ketones is 1. The zero-order valence-electron chi connectivity index (χ0n) is 18.1. The summed E-state index contributed by atoms with van der Waals surface area (Å²) in [5.74, 6) is 0.796. The van der Waals surface area contributed by atoms with E-state index in [0.717, 1.165) is 44.8 Å². The number of hydrogen-bond acceptors (Lipinski definition) is 6. The lowest BCUT2D eigenvalue weighted by molar-refractivity contribution is -0.181. The summed E-state index contributed by atoms with van der Waals surface area (Å²) in [4.78, 5) is 24.2. The van der Waals surface area contributed by atoms with Gasteiger partial charge >= 0.3 is 5.97 Å². The lowest BCUT2D eigenvalue weighted by Crippen LogP contribution is -2.60. The monoisotopic (exact) mass is 436 g/mol. The number of allylic oxidation sites excluding steroid dienone is 1. The van der Waals surface area contributed by atoms with Gasteiger partial charge in [0.25, 0.3) is 10.1 Å². The molecule has 7 atom stereocenters. The molecule has 5 rings (SSSR count). The molecule has 1 spiro atoms. The van der Waals surface area contributed by atoms with Crippen molar-refractivity contribution in [3.05, 3.63) is 11.6 Å². The molecule has 0 aromatic rings. The average molecular weight is 437 g/mol. The van der Waals surface area contributed by atoms with Crippen LogP contribution in [0.2, 0.25) is 0 Å². The molecular formula is C23H32O6S. The third kappa shape index (κ3) is 2.80. The molecule has 1 heterocycles. The van der Waals surface area contributed by atoms with Crippen LogP contribution in [-0.4, -0.2) is 38.1 Å². The smallest absolute Gasteiger partial charge is 0.306 e. The molecule has 1 aliphatic heterocycles. The third-order valence-corrected chi connectivity index (χ3v) is 10.1. The van der Waals surface area contributed by atoms with Crippen molar-refractivity contribution >= 4 is 21.9 Å². The van der Waals surface area contributed by atoms with Gasteiger partial charge in [0, 0.05) is 18.3 Å². The van der Waals surface area contributed by atoms with Gasteiger partial charge in [0.1, 0.15) is 5.60 Å². The van der Waals surface area contributed by atoms with Crippen molar-refractivity contribution in [1.82, 2.24) is 0 Å². The van der Waals surface area contributed by atoms with Crippen molar-refractivity contribution in [3.63, 3.8) is 0 Å². The molecule has 0 radical (unpaired) electrons. The lowest BCUT2D eigenvalue weighted by Gasteiger charge is -2.61. The van der Waals surface area contributed by atoms with Crippen molar-refractivity contribution in [2.24, 2.45) is 28.6 Å². The number of carbonyl (C=O) groups is 2. The number of fused-ring (bicyclic) bond motifs is 6. The first-order valence-electron chi connectivity index (χ1n) is 11.3. The fraction of sp³-hybridized carbons (Fsp3) is 0.826. The molecule has 5 unspecified atom stereocenters. The molecule has 5 aliphatic rings. The second-order valence-corrected chi connectivity index (χ2v) is 12.5. The van der Waals surface area contributed by atoms with Gasteiger partial charge in [-0.1, -0.05) is 19.4 Å². The summed E-state index contributed by atoms with van der Waals surface area (Å²) in [5.41, 5.74) is 0.192. The second kappa shape index (κ2) is 6.41. The Morgan fingerprint density at radius 2 is 1.83 bits per heavy atom. The molecule has 0 aromatic heterocycles. The highest BCUT2D eigenvalue weighted by Crippen LogP contribution is 2.70. The molecule has 0 aromatic carbocycles. The van der Waals surface area contributed by atoms with Gasteiger partial charge in [0.15, 0.2) is 5.78 Å². The zero-order chi connectivity index (χ0) is 21.5. The van der Waals surface area contributed by atoms with Crippen LogP contribution >= 0.6 is 0 Å². The van der Waals surface area contributed by atoms with Crippen molar-refractivity contribution in [3.8, 4) is 0 Å². The second-order valence-electron chi connectivity index (χ2n) is 10.9. The zero-order valence-corrected chi connectivity index (χ0v) is 18.9. The van der Waals surface area contributed by atoms with Crippen LogP contribution in [0, 0.1) is 28.6 Å². The van der Waals surface area contributed by atoms with E-state index in [1.165, 1.54) is 5.57 Å². The van der Waals surface area contributed by atoms with Crippen LogP contribution < -0.4 is 0 Å². The fourth-order valence-electron chi connectivity index (χ4n) is 8.24. The average Bonchev–Trinajstić information content (AvgIpc) is 3.15. The van der Waals surface area contributed by atoms with Crippen LogP contribution in [0.5, 0.6) is 0 Å². The van der Waals surface area contributed by atoms with Gasteiger partial charge in [-0.2, -0.15) is 8.42 Å². The maximum atomic E-state index is 12.3. The summed E-state index contributed by atoms with van der Waals surface area (Å²) in [6.45, 7) is 4.42. The summed E-state index contributed by atoms with van der Waals surface area (Å²) < 4.78 is 36.3. The van der Waals surface area contributed by atoms with Crippen molar-refractivity contribution in [2.45, 2.75) is 83.3 Å². The highest BCUT2D eigenvalue weighted by molar-refractivity contribution is 7.86. The molecular weight excluding hydrogens is 404 g/mol. The van der Waals surface area contributed by atoms with E-state index in [1.54, 1.807) is 0 Å². The van der Waals surface area contributed by atoms with Gasteiger partial charge < -0.3 is 4.74 Å². The third-order valence-electron chi connectivity index (χ3n) is 9.51. The SMILES string of the molecule is CC12CCC(=O)C=C1CCC1C2[C@@H](OS(C)(=O)=O)CC2(C)C1CC[C@@]21CCC(=O)O1. The first-order valence-corrected chi connectivity index (χ1v) is 13.1. The molecule has 4 fully saturated rings. The Bertz CT molecular complexity index is 937. The Morgan fingerprint density at radius 1 is 1.07 bits per heavy atom. The van der Waals surface area contributed by atoms with E-state index < -0.39 is 21.8 Å². The Labute approximate surface area is 178 Å². The predicted molar refractivity (Wildman–Crippen MR) is 110 cm³/mol. The Kier molecular flexibility index (Phi) is 4.42. The van der Waals surface area contributed by atoms with E-state index >= 15 is 0 Å². The Hall–Kier alpha value is -1.21. The minimum Gasteiger partial charge on any atom is -0.458 e. The molecule has 166 valence electrons. The van der Waals surface area contributed by atoms with Crippen LogP contribution in [0.15, 0.2) is 11.6 Å². The number of hydrogen-bond donors (Lipinski definition) is 0. The maximum absolute atomic E-state index is 12.3. The molecule has 1 saturated heterocycles. The Balaban J connectivity index is 1.60. The van der Waals surface area contributed by atoms with Crippen LogP contribution in [0.25, 0.3) is 0 Å². The number of esters is 1. The quantitative estimate of drug-likeness (QED) is 0.486. The molecule has 0 bridgehead atoms. The summed E-state index contributed by atoms with van der Waals surface area (Å²) in [7, 11) is -3.65. The summed E-state index contributed by atoms with van der Waals surface area (Å²) in [6.07, 6.45) is 9.18. The first kappa shape index (κ1) is 20.7. The van der Waals surface area contributed by atoms with Crippen LogP contribution in [-0.2, 0) is 28.6 Å². The molecule has 4 aliphatic carbocycles. The van der Waals surface area contributed by atoms with E-state index in [9.17, 15) is 18.0 Å². The van der Waals surface area contributed by atoms with E-state index in [-0.39, 0.29) is 28.5 Å². The van der Waals surface area contributed by atoms with Gasteiger partial charge in [-0.15, -0.1) is 0 Å². The molecule has 3 saturated carbocycles. The molecule has 7 heteroatoms. The van der Waals surface area contributed by atoms with Gasteiger partial charge in [-0.3, -0.25) is 13.8 Å². The van der Waals surface area contributed by atoms with E-state index in [2.05, 4.69) is 13.8 Å². The number of rotatable bonds is 2. The van der Waals surface area contributed by atoms with E-state index in [4.69, 9.17) is 8.92 Å². The van der Waals surface area contributed by atoms with Gasteiger partial charge in [0.2, 0.25) is 0 Å². The summed E-state index contributed by atoms with van der Waals surface area (Å²) in [6, 6.07) is 0. The molecule has 6 nitrogen and oxygen atoms in total. The first-order chi connectivity index (χ1) is 14.0. The topological polar surface area (TPSA) is 86.7 Å². The molecule has 0 amide bonds. The summed E-state index contributed by atoms with van der Waals surface area (Å²) >= 11 is 0. The van der Waals surface area contributed by atoms with Gasteiger partial charge in [-0.25, -0.2) is 0 Å². The van der Waals surface area contributed by atoms with Gasteiger partial charge in [0.05, 0.1) is 12.4 Å². The largest absolute Gasteiger partial charge is 0.458 e. The highest BCUT2D eigenvalue weighted by atomic mass is 32.2. The minimum absolute atomic E-state index is 0.0608. The van der Waals surface area contributed by atoms with E-state index in [1.807, 2.05) is 6.08 Å². The molecule has 30 heavy (non-hydrogen) atoms. The molecule has 0 N–H and O–H groups in total. The van der Waals surface area contributed by atoms with Crippen LogP contribution in [0.4, 0.5) is 0 Å². The number of carbonyl (C=O) groups excluding carboxylic acids is 2.